The summed E-state index contributed by atoms with van der Waals surface area (Å²) in [5.41, 5.74) is 4.05. The average Bonchev–Trinajstić information content (AvgIpc) is 3.58. The first-order valence-electron chi connectivity index (χ1n) is 18.1. The molecule has 0 saturated carbocycles. The molecule has 3 aromatic heterocycles. The second-order valence-corrected chi connectivity index (χ2v) is 15.1. The minimum absolute atomic E-state index is 0.200. The number of carbonyl (C=O) groups excluding carboxylic acids is 2. The van der Waals surface area contributed by atoms with E-state index in [-0.39, 0.29) is 29.2 Å². The molecule has 0 spiro atoms. The second kappa shape index (κ2) is 16.4. The number of aryl methyl sites for hydroxylation is 1. The molecular formula is C42H47N9O4. The molecule has 4 N–H and O–H groups in total. The summed E-state index contributed by atoms with van der Waals surface area (Å²) in [4.78, 5) is 38.9. The van der Waals surface area contributed by atoms with E-state index in [0.29, 0.717) is 42.0 Å². The van der Waals surface area contributed by atoms with Crippen molar-refractivity contribution >= 4 is 45.9 Å². The largest absolute Gasteiger partial charge is 0.488 e. The van der Waals surface area contributed by atoms with Crippen LogP contribution in [-0.2, 0) is 16.8 Å². The van der Waals surface area contributed by atoms with Gasteiger partial charge in [-0.2, -0.15) is 5.10 Å². The van der Waals surface area contributed by atoms with E-state index in [2.05, 4.69) is 57.0 Å². The van der Waals surface area contributed by atoms with E-state index in [9.17, 15) is 9.59 Å². The zero-order valence-electron chi connectivity index (χ0n) is 32.2. The van der Waals surface area contributed by atoms with E-state index < -0.39 is 6.03 Å². The number of nitrogens with one attached hydrogen (secondary N) is 4. The number of hydrogen-bond donors (Lipinski definition) is 4. The molecule has 3 amide bonds. The highest BCUT2D eigenvalue weighted by molar-refractivity contribution is 6.07. The minimum atomic E-state index is -0.395. The van der Waals surface area contributed by atoms with Crippen LogP contribution in [0.1, 0.15) is 68.9 Å². The van der Waals surface area contributed by atoms with E-state index in [0.717, 1.165) is 33.3 Å². The molecule has 3 heterocycles. The van der Waals surface area contributed by atoms with E-state index >= 15 is 0 Å². The molecule has 0 atom stereocenters. The van der Waals surface area contributed by atoms with Gasteiger partial charge in [-0.15, -0.1) is 0 Å². The highest BCUT2D eigenvalue weighted by Gasteiger charge is 2.22. The third-order valence-electron chi connectivity index (χ3n) is 8.41. The Morgan fingerprint density at radius 3 is 2.27 bits per heavy atom. The number of rotatable bonds is 12. The lowest BCUT2D eigenvalue weighted by Crippen LogP contribution is -2.31. The predicted molar refractivity (Wildman–Crippen MR) is 216 cm³/mol. The quantitative estimate of drug-likeness (QED) is 0.0906. The maximum absolute atomic E-state index is 13.5. The van der Waals surface area contributed by atoms with Crippen molar-refractivity contribution in [2.75, 3.05) is 29.1 Å². The van der Waals surface area contributed by atoms with E-state index in [1.54, 1.807) is 10.9 Å². The number of fused-ring (bicyclic) bond motifs is 1. The van der Waals surface area contributed by atoms with Crippen molar-refractivity contribution in [3.05, 3.63) is 120 Å². The van der Waals surface area contributed by atoms with Gasteiger partial charge in [0.15, 0.2) is 0 Å². The van der Waals surface area contributed by atoms with Crippen LogP contribution in [0.2, 0.25) is 0 Å². The van der Waals surface area contributed by atoms with Gasteiger partial charge in [0.2, 0.25) is 0 Å². The Labute approximate surface area is 320 Å². The van der Waals surface area contributed by atoms with Gasteiger partial charge >= 0.3 is 6.03 Å². The van der Waals surface area contributed by atoms with Gasteiger partial charge in [0.1, 0.15) is 35.5 Å². The number of urea groups is 1. The summed E-state index contributed by atoms with van der Waals surface area (Å²) in [6.45, 7) is 15.2. The summed E-state index contributed by atoms with van der Waals surface area (Å²) < 4.78 is 13.7. The zero-order valence-corrected chi connectivity index (χ0v) is 32.2. The summed E-state index contributed by atoms with van der Waals surface area (Å²) in [6.07, 6.45) is 4.57. The van der Waals surface area contributed by atoms with Crippen LogP contribution in [0.15, 0.2) is 97.5 Å². The first kappa shape index (κ1) is 38.4. The third-order valence-corrected chi connectivity index (χ3v) is 8.41. The van der Waals surface area contributed by atoms with Crippen molar-refractivity contribution in [3.63, 3.8) is 0 Å². The fourth-order valence-electron chi connectivity index (χ4n) is 5.54. The van der Waals surface area contributed by atoms with Gasteiger partial charge < -0.3 is 25.4 Å². The Kier molecular flexibility index (Phi) is 11.4. The molecule has 284 valence electrons. The van der Waals surface area contributed by atoms with Crippen LogP contribution >= 0.6 is 0 Å². The standard InChI is InChI=1S/C42H47N9O4/c1-27-12-14-29(15-13-27)51-38(23-35(50-51)41(2,3)4)49-40(53)47-32-16-17-34(31-11-9-8-10-30(31)32)54-26-28-18-19-43-36(22-28)48-37-25-45-33(24-46-37)39(52)44-20-21-55-42(5,6)7/h8-19,22-25H,20-21,26H2,1-7H3,(H,44,52)(H,43,46,48)(H2,47,49,53). The lowest BCUT2D eigenvalue weighted by Gasteiger charge is -2.19. The van der Waals surface area contributed by atoms with Gasteiger partial charge in [-0.1, -0.05) is 62.7 Å². The van der Waals surface area contributed by atoms with E-state index in [1.165, 1.54) is 12.4 Å². The van der Waals surface area contributed by atoms with Crippen molar-refractivity contribution in [1.82, 2.24) is 30.0 Å². The van der Waals surface area contributed by atoms with Crippen molar-refractivity contribution < 1.29 is 19.1 Å². The monoisotopic (exact) mass is 741 g/mol. The molecule has 55 heavy (non-hydrogen) atoms. The molecule has 13 nitrogen and oxygen atoms in total. The SMILES string of the molecule is Cc1ccc(-n2nc(C(C)(C)C)cc2NC(=O)Nc2ccc(OCc3ccnc(Nc4cnc(C(=O)NCCOC(C)(C)C)cn4)c3)c3ccccc23)cc1. The number of benzene rings is 3. The average molecular weight is 742 g/mol. The van der Waals surface area contributed by atoms with Crippen LogP contribution in [0.3, 0.4) is 0 Å². The number of pyridine rings is 1. The van der Waals surface area contributed by atoms with E-state index in [1.807, 2.05) is 107 Å². The number of carbonyl (C=O) groups is 2. The van der Waals surface area contributed by atoms with Gasteiger partial charge in [-0.3, -0.25) is 10.1 Å². The highest BCUT2D eigenvalue weighted by atomic mass is 16.5. The normalized spacial score (nSPS) is 11.6. The molecule has 0 bridgehead atoms. The number of amides is 3. The topological polar surface area (TPSA) is 157 Å². The number of anilines is 4. The van der Waals surface area contributed by atoms with Crippen LogP contribution in [0.25, 0.3) is 16.5 Å². The molecule has 0 aliphatic rings. The zero-order chi connectivity index (χ0) is 39.2. The van der Waals surface area contributed by atoms with Crippen molar-refractivity contribution in [3.8, 4) is 11.4 Å². The predicted octanol–water partition coefficient (Wildman–Crippen LogP) is 8.33. The molecule has 0 unspecified atom stereocenters. The fraction of sp³-hybridized carbons (Fsp3) is 0.286. The second-order valence-electron chi connectivity index (χ2n) is 15.1. The minimum Gasteiger partial charge on any atom is -0.488 e. The van der Waals surface area contributed by atoms with Crippen LogP contribution in [0.4, 0.5) is 27.9 Å². The van der Waals surface area contributed by atoms with Gasteiger partial charge in [0, 0.05) is 35.0 Å². The summed E-state index contributed by atoms with van der Waals surface area (Å²) in [5, 5.41) is 18.4. The van der Waals surface area contributed by atoms with Gasteiger partial charge in [-0.05, 0) is 69.7 Å². The van der Waals surface area contributed by atoms with Crippen LogP contribution in [-0.4, -0.2) is 55.4 Å². The van der Waals surface area contributed by atoms with E-state index in [4.69, 9.17) is 14.6 Å². The van der Waals surface area contributed by atoms with Gasteiger partial charge in [0.05, 0.1) is 41.7 Å². The smallest absolute Gasteiger partial charge is 0.324 e. The lowest BCUT2D eigenvalue weighted by atomic mass is 9.92. The molecular weight excluding hydrogens is 695 g/mol. The summed E-state index contributed by atoms with van der Waals surface area (Å²) in [7, 11) is 0. The Hall–Kier alpha value is -6.34. The van der Waals surface area contributed by atoms with Gasteiger partial charge in [0.25, 0.3) is 5.91 Å². The summed E-state index contributed by atoms with van der Waals surface area (Å²) in [5.74, 6) is 1.87. The molecule has 0 saturated heterocycles. The number of aromatic nitrogens is 5. The van der Waals surface area contributed by atoms with Crippen molar-refractivity contribution in [2.24, 2.45) is 0 Å². The number of ether oxygens (including phenoxy) is 2. The molecule has 0 fully saturated rings. The summed E-state index contributed by atoms with van der Waals surface area (Å²) >= 11 is 0. The maximum atomic E-state index is 13.5. The highest BCUT2D eigenvalue weighted by Crippen LogP contribution is 2.33. The summed E-state index contributed by atoms with van der Waals surface area (Å²) in [6, 6.07) is 24.7. The van der Waals surface area contributed by atoms with Crippen LogP contribution < -0.4 is 26.0 Å². The Morgan fingerprint density at radius 1 is 0.800 bits per heavy atom. The Bertz CT molecular complexity index is 2270. The molecule has 0 aliphatic heterocycles. The Balaban J connectivity index is 1.09. The molecule has 0 radical (unpaired) electrons. The fourth-order valence-corrected chi connectivity index (χ4v) is 5.54. The van der Waals surface area contributed by atoms with Crippen molar-refractivity contribution in [1.29, 1.82) is 0 Å². The molecule has 6 rings (SSSR count). The number of hydrogen-bond acceptors (Lipinski definition) is 9. The molecule has 3 aromatic carbocycles. The van der Waals surface area contributed by atoms with Crippen LogP contribution in [0, 0.1) is 6.92 Å². The first-order valence-corrected chi connectivity index (χ1v) is 18.1. The maximum Gasteiger partial charge on any atom is 0.324 e. The van der Waals surface area contributed by atoms with Crippen molar-refractivity contribution in [2.45, 2.75) is 66.1 Å². The lowest BCUT2D eigenvalue weighted by molar-refractivity contribution is -0.000672. The Morgan fingerprint density at radius 2 is 1.56 bits per heavy atom. The molecule has 6 aromatic rings. The first-order chi connectivity index (χ1) is 26.2. The van der Waals surface area contributed by atoms with Gasteiger partial charge in [-0.25, -0.2) is 24.4 Å². The number of nitrogens with zero attached hydrogens (tertiary/aromatic N) is 5. The third kappa shape index (κ3) is 10.2. The van der Waals surface area contributed by atoms with Crippen LogP contribution in [0.5, 0.6) is 5.75 Å². The molecule has 0 aliphatic carbocycles. The molecule has 13 heteroatoms.